The second-order valence-electron chi connectivity index (χ2n) is 7.74. The Bertz CT molecular complexity index is 1030. The number of hydroxylamine groups is 1. The van der Waals surface area contributed by atoms with Crippen molar-refractivity contribution in [2.24, 2.45) is 0 Å². The number of amides is 1. The summed E-state index contributed by atoms with van der Waals surface area (Å²) < 4.78 is 26.8. The van der Waals surface area contributed by atoms with Crippen molar-refractivity contribution in [3.8, 4) is 11.1 Å². The van der Waals surface area contributed by atoms with E-state index in [-0.39, 0.29) is 12.2 Å². The van der Waals surface area contributed by atoms with Crippen molar-refractivity contribution in [3.05, 3.63) is 59.7 Å². The number of sulfonamides is 1. The minimum Gasteiger partial charge on any atom is -0.289 e. The van der Waals surface area contributed by atoms with Crippen LogP contribution in [-0.2, 0) is 21.2 Å². The molecule has 0 saturated carbocycles. The summed E-state index contributed by atoms with van der Waals surface area (Å²) in [5, 5.41) is 8.51. The zero-order chi connectivity index (χ0) is 22.3. The molecule has 2 aromatic carbocycles. The quantitative estimate of drug-likeness (QED) is 0.304. The highest BCUT2D eigenvalue weighted by Crippen LogP contribution is 2.29. The van der Waals surface area contributed by atoms with Crippen LogP contribution < -0.4 is 9.79 Å². The average Bonchev–Trinajstić information content (AvgIpc) is 3.26. The van der Waals surface area contributed by atoms with Crippen LogP contribution in [0.5, 0.6) is 0 Å². The number of rotatable bonds is 11. The van der Waals surface area contributed by atoms with Gasteiger partial charge in [0.05, 0.1) is 11.4 Å². The van der Waals surface area contributed by atoms with Crippen LogP contribution in [0.3, 0.4) is 0 Å². The summed E-state index contributed by atoms with van der Waals surface area (Å²) in [7, 11) is -3.38. The van der Waals surface area contributed by atoms with Crippen molar-refractivity contribution in [2.45, 2.75) is 45.4 Å². The maximum Gasteiger partial charge on any atom is 0.243 e. The molecule has 1 amide bonds. The van der Waals surface area contributed by atoms with Gasteiger partial charge in [0.15, 0.2) is 0 Å². The number of nitrogens with one attached hydrogen (secondary N) is 1. The van der Waals surface area contributed by atoms with Crippen LogP contribution >= 0.6 is 0 Å². The van der Waals surface area contributed by atoms with Crippen molar-refractivity contribution < 1.29 is 18.4 Å². The number of unbranched alkanes of at least 4 members (excludes halogenated alkanes) is 3. The number of hydrogen-bond donors (Lipinski definition) is 2. The maximum atomic E-state index is 12.7. The molecule has 1 aliphatic carbocycles. The van der Waals surface area contributed by atoms with Crippen LogP contribution in [0.2, 0.25) is 0 Å². The molecule has 0 radical (unpaired) electrons. The Hall–Kier alpha value is -2.64. The van der Waals surface area contributed by atoms with Gasteiger partial charge in [0.1, 0.15) is 0 Å². The van der Waals surface area contributed by atoms with Gasteiger partial charge in [-0.25, -0.2) is 13.9 Å². The normalized spacial score (nSPS) is 12.6. The average molecular weight is 443 g/mol. The molecule has 6 nitrogen and oxygen atoms in total. The van der Waals surface area contributed by atoms with Gasteiger partial charge in [0.25, 0.3) is 0 Å². The molecule has 0 saturated heterocycles. The fourth-order valence-corrected chi connectivity index (χ4v) is 4.95. The lowest BCUT2D eigenvalue weighted by Gasteiger charge is -2.24. The van der Waals surface area contributed by atoms with Gasteiger partial charge in [-0.2, -0.15) is 0 Å². The number of carbonyl (C=O) groups is 1. The Morgan fingerprint density at radius 3 is 2.45 bits per heavy atom. The highest BCUT2D eigenvalue weighted by Gasteiger charge is 2.20. The Morgan fingerprint density at radius 2 is 1.74 bits per heavy atom. The Morgan fingerprint density at radius 1 is 1.03 bits per heavy atom. The number of benzene rings is 2. The molecule has 2 N–H and O–H groups in total. The SMILES string of the molecule is CCS(=O)(=O)N(CCCCCCC(=O)NO)c1ccc(-c2ccc3c(c2)C=CC3)cc1. The molecule has 0 atom stereocenters. The lowest BCUT2D eigenvalue weighted by Crippen LogP contribution is -2.33. The molecule has 31 heavy (non-hydrogen) atoms. The molecular weight excluding hydrogens is 412 g/mol. The van der Waals surface area contributed by atoms with Gasteiger partial charge in [-0.3, -0.25) is 14.3 Å². The van der Waals surface area contributed by atoms with Crippen LogP contribution in [0.25, 0.3) is 17.2 Å². The van der Waals surface area contributed by atoms with E-state index in [1.807, 2.05) is 24.3 Å². The molecule has 7 heteroatoms. The third-order valence-electron chi connectivity index (χ3n) is 5.61. The van der Waals surface area contributed by atoms with E-state index in [2.05, 4.69) is 30.4 Å². The minimum absolute atomic E-state index is 0.0442. The van der Waals surface area contributed by atoms with Crippen molar-refractivity contribution in [3.63, 3.8) is 0 Å². The number of fused-ring (bicyclic) bond motifs is 1. The third-order valence-corrected chi connectivity index (χ3v) is 7.40. The summed E-state index contributed by atoms with van der Waals surface area (Å²) in [4.78, 5) is 11.0. The molecule has 0 heterocycles. The topological polar surface area (TPSA) is 86.7 Å². The summed E-state index contributed by atoms with van der Waals surface area (Å²) in [6.45, 7) is 2.06. The zero-order valence-electron chi connectivity index (χ0n) is 17.9. The van der Waals surface area contributed by atoms with Gasteiger partial charge in [-0.05, 0) is 66.6 Å². The van der Waals surface area contributed by atoms with Gasteiger partial charge in [-0.15, -0.1) is 0 Å². The summed E-state index contributed by atoms with van der Waals surface area (Å²) >= 11 is 0. The Labute approximate surface area is 184 Å². The number of hydrogen-bond acceptors (Lipinski definition) is 4. The zero-order valence-corrected chi connectivity index (χ0v) is 18.7. The first kappa shape index (κ1) is 23.0. The second kappa shape index (κ2) is 10.6. The van der Waals surface area contributed by atoms with Gasteiger partial charge in [0.2, 0.25) is 15.9 Å². The number of anilines is 1. The van der Waals surface area contributed by atoms with Crippen LogP contribution in [-0.4, -0.2) is 31.8 Å². The molecule has 0 unspecified atom stereocenters. The van der Waals surface area contributed by atoms with E-state index in [0.717, 1.165) is 30.4 Å². The lowest BCUT2D eigenvalue weighted by atomic mass is 10.0. The van der Waals surface area contributed by atoms with Crippen LogP contribution in [0.15, 0.2) is 48.5 Å². The first-order chi connectivity index (χ1) is 14.9. The van der Waals surface area contributed by atoms with E-state index >= 15 is 0 Å². The highest BCUT2D eigenvalue weighted by atomic mass is 32.2. The fourth-order valence-electron chi connectivity index (χ4n) is 3.78. The van der Waals surface area contributed by atoms with E-state index < -0.39 is 15.9 Å². The predicted octanol–water partition coefficient (Wildman–Crippen LogP) is 4.53. The Kier molecular flexibility index (Phi) is 7.87. The molecule has 0 fully saturated rings. The van der Waals surface area contributed by atoms with Gasteiger partial charge >= 0.3 is 0 Å². The van der Waals surface area contributed by atoms with E-state index in [4.69, 9.17) is 5.21 Å². The van der Waals surface area contributed by atoms with Crippen LogP contribution in [0, 0.1) is 0 Å². The monoisotopic (exact) mass is 442 g/mol. The molecule has 0 bridgehead atoms. The van der Waals surface area contributed by atoms with Gasteiger partial charge in [-0.1, -0.05) is 49.3 Å². The minimum atomic E-state index is -3.38. The van der Waals surface area contributed by atoms with Crippen molar-refractivity contribution in [1.82, 2.24) is 5.48 Å². The van der Waals surface area contributed by atoms with E-state index in [1.165, 1.54) is 15.4 Å². The molecule has 0 aromatic heterocycles. The summed E-state index contributed by atoms with van der Waals surface area (Å²) in [5.41, 5.74) is 7.05. The summed E-state index contributed by atoms with van der Waals surface area (Å²) in [6, 6.07) is 14.1. The van der Waals surface area contributed by atoms with Crippen molar-refractivity contribution in [1.29, 1.82) is 0 Å². The number of allylic oxidation sites excluding steroid dienone is 1. The molecule has 0 aliphatic heterocycles. The van der Waals surface area contributed by atoms with Crippen molar-refractivity contribution >= 4 is 27.7 Å². The molecule has 1 aliphatic rings. The fraction of sp³-hybridized carbons (Fsp3) is 0.375. The predicted molar refractivity (Wildman–Crippen MR) is 124 cm³/mol. The van der Waals surface area contributed by atoms with Crippen LogP contribution in [0.1, 0.15) is 50.2 Å². The number of nitrogens with zero attached hydrogens (tertiary/aromatic N) is 1. The molecule has 166 valence electrons. The smallest absolute Gasteiger partial charge is 0.243 e. The van der Waals surface area contributed by atoms with E-state index in [9.17, 15) is 13.2 Å². The second-order valence-corrected chi connectivity index (χ2v) is 9.92. The Balaban J connectivity index is 1.65. The summed E-state index contributed by atoms with van der Waals surface area (Å²) in [5.74, 6) is -0.350. The molecule has 0 spiro atoms. The molecule has 3 rings (SSSR count). The first-order valence-electron chi connectivity index (χ1n) is 10.8. The highest BCUT2D eigenvalue weighted by molar-refractivity contribution is 7.92. The molecule has 2 aromatic rings. The summed E-state index contributed by atoms with van der Waals surface area (Å²) in [6.07, 6.45) is 8.54. The van der Waals surface area contributed by atoms with E-state index in [0.29, 0.717) is 25.1 Å². The van der Waals surface area contributed by atoms with Gasteiger partial charge in [0, 0.05) is 13.0 Å². The lowest BCUT2D eigenvalue weighted by molar-refractivity contribution is -0.129. The van der Waals surface area contributed by atoms with Crippen molar-refractivity contribution in [2.75, 3.05) is 16.6 Å². The molecular formula is C24H30N2O4S. The standard InChI is InChI=1S/C24H30N2O4S/c1-2-31(29,30)26(17-6-4-3-5-10-24(27)25-28)23-15-13-20(14-16-23)22-12-11-19-8-7-9-21(19)18-22/h7,9,11-16,18,28H,2-6,8,10,17H2,1H3,(H,25,27). The van der Waals surface area contributed by atoms with Crippen LogP contribution in [0.4, 0.5) is 5.69 Å². The van der Waals surface area contributed by atoms with E-state index in [1.54, 1.807) is 12.4 Å². The largest absolute Gasteiger partial charge is 0.289 e. The van der Waals surface area contributed by atoms with Gasteiger partial charge < -0.3 is 0 Å². The maximum absolute atomic E-state index is 12.7. The number of carbonyl (C=O) groups excluding carboxylic acids is 1. The third kappa shape index (κ3) is 5.95. The first-order valence-corrected chi connectivity index (χ1v) is 12.4.